The van der Waals surface area contributed by atoms with Crippen molar-refractivity contribution in [1.82, 2.24) is 35.3 Å². The largest absolute Gasteiger partial charge is 0.478 e. The van der Waals surface area contributed by atoms with Gasteiger partial charge in [0.25, 0.3) is 0 Å². The van der Waals surface area contributed by atoms with E-state index in [0.717, 1.165) is 48.8 Å². The van der Waals surface area contributed by atoms with E-state index in [2.05, 4.69) is 49.4 Å². The van der Waals surface area contributed by atoms with Gasteiger partial charge >= 0.3 is 6.01 Å². The van der Waals surface area contributed by atoms with Crippen molar-refractivity contribution in [2.24, 2.45) is 17.8 Å². The molecule has 1 saturated heterocycles. The van der Waals surface area contributed by atoms with Crippen LogP contribution in [0.5, 0.6) is 5.88 Å². The molecule has 3 aromatic heterocycles. The van der Waals surface area contributed by atoms with Gasteiger partial charge in [-0.2, -0.15) is 9.67 Å². The van der Waals surface area contributed by atoms with E-state index in [1.165, 1.54) is 19.3 Å². The first-order valence-corrected chi connectivity index (χ1v) is 11.1. The van der Waals surface area contributed by atoms with Crippen molar-refractivity contribution in [2.45, 2.75) is 45.4 Å². The van der Waals surface area contributed by atoms with Gasteiger partial charge in [-0.05, 0) is 59.9 Å². The first kappa shape index (κ1) is 19.9. The van der Waals surface area contributed by atoms with Crippen molar-refractivity contribution in [1.29, 1.82) is 0 Å². The fourth-order valence-electron chi connectivity index (χ4n) is 4.48. The standard InChI is InChI=1S/C21H28N8O2/c1-14(2)20-24-21(31-25-20)28-8-5-15(6-9-28)18-11-16(18)7-10-30-19-4-3-17(12-22-19)29-13-23-26-27-29/h3-4,12-16,18H,5-11H2,1-2H3/t16-,18-/m1/s1. The van der Waals surface area contributed by atoms with Gasteiger partial charge in [0.05, 0.1) is 18.5 Å². The molecule has 1 saturated carbocycles. The van der Waals surface area contributed by atoms with Crippen LogP contribution in [0.15, 0.2) is 29.2 Å². The third-order valence-corrected chi connectivity index (χ3v) is 6.41. The third kappa shape index (κ3) is 4.52. The van der Waals surface area contributed by atoms with Crippen LogP contribution in [0.2, 0.25) is 0 Å². The minimum atomic E-state index is 0.295. The fraction of sp³-hybridized carbons (Fsp3) is 0.619. The topological polar surface area (TPSA) is 108 Å². The number of rotatable bonds is 8. The van der Waals surface area contributed by atoms with Crippen LogP contribution in [0.25, 0.3) is 5.69 Å². The molecule has 2 atom stereocenters. The molecular formula is C21H28N8O2. The van der Waals surface area contributed by atoms with Gasteiger partial charge in [0.2, 0.25) is 5.88 Å². The van der Waals surface area contributed by atoms with Crippen molar-refractivity contribution < 1.29 is 9.26 Å². The molecule has 164 valence electrons. The van der Waals surface area contributed by atoms with Gasteiger partial charge in [0.15, 0.2) is 5.82 Å². The van der Waals surface area contributed by atoms with Crippen LogP contribution in [0.3, 0.4) is 0 Å². The van der Waals surface area contributed by atoms with Gasteiger partial charge in [0.1, 0.15) is 6.33 Å². The summed E-state index contributed by atoms with van der Waals surface area (Å²) in [6.07, 6.45) is 8.05. The van der Waals surface area contributed by atoms with E-state index < -0.39 is 0 Å². The molecule has 0 bridgehead atoms. The molecule has 31 heavy (non-hydrogen) atoms. The second-order valence-corrected chi connectivity index (χ2v) is 8.82. The smallest absolute Gasteiger partial charge is 0.324 e. The molecule has 0 spiro atoms. The SMILES string of the molecule is CC(C)c1noc(N2CCC([C@H]3C[C@H]3CCOc3ccc(-n4cnnn4)cn3)CC2)n1. The lowest BCUT2D eigenvalue weighted by atomic mass is 9.90. The summed E-state index contributed by atoms with van der Waals surface area (Å²) in [5, 5.41) is 15.2. The summed E-state index contributed by atoms with van der Waals surface area (Å²) in [5.41, 5.74) is 0.812. The van der Waals surface area contributed by atoms with Gasteiger partial charge in [-0.25, -0.2) is 4.98 Å². The van der Waals surface area contributed by atoms with Crippen molar-refractivity contribution in [3.8, 4) is 11.6 Å². The highest BCUT2D eigenvalue weighted by Crippen LogP contribution is 2.49. The lowest BCUT2D eigenvalue weighted by Crippen LogP contribution is -2.34. The van der Waals surface area contributed by atoms with E-state index in [1.54, 1.807) is 17.2 Å². The second-order valence-electron chi connectivity index (χ2n) is 8.82. The molecular weight excluding hydrogens is 396 g/mol. The number of piperidine rings is 1. The molecule has 0 amide bonds. The molecule has 0 aromatic carbocycles. The Morgan fingerprint density at radius 3 is 2.77 bits per heavy atom. The van der Waals surface area contributed by atoms with E-state index in [1.807, 2.05) is 12.1 Å². The highest BCUT2D eigenvalue weighted by atomic mass is 16.5. The Kier molecular flexibility index (Phi) is 5.52. The number of anilines is 1. The fourth-order valence-corrected chi connectivity index (χ4v) is 4.48. The number of tetrazole rings is 1. The van der Waals surface area contributed by atoms with Crippen LogP contribution in [-0.2, 0) is 0 Å². The van der Waals surface area contributed by atoms with Gasteiger partial charge in [0, 0.05) is 25.1 Å². The number of pyridine rings is 1. The molecule has 3 aromatic rings. The van der Waals surface area contributed by atoms with Crippen LogP contribution < -0.4 is 9.64 Å². The minimum absolute atomic E-state index is 0.295. The average Bonchev–Trinajstić information content (AvgIpc) is 3.19. The number of hydrogen-bond donors (Lipinski definition) is 0. The molecule has 0 N–H and O–H groups in total. The zero-order valence-electron chi connectivity index (χ0n) is 18.0. The first-order valence-electron chi connectivity index (χ1n) is 11.1. The summed E-state index contributed by atoms with van der Waals surface area (Å²) in [4.78, 5) is 11.1. The summed E-state index contributed by atoms with van der Waals surface area (Å²) in [6.45, 7) is 6.87. The van der Waals surface area contributed by atoms with Crippen LogP contribution in [0, 0.1) is 17.8 Å². The van der Waals surface area contributed by atoms with E-state index in [4.69, 9.17) is 9.26 Å². The maximum Gasteiger partial charge on any atom is 0.324 e. The van der Waals surface area contributed by atoms with Gasteiger partial charge in [-0.15, -0.1) is 5.10 Å². The Hall–Kier alpha value is -3.04. The molecule has 4 heterocycles. The maximum atomic E-state index is 5.85. The number of ether oxygens (including phenoxy) is 1. The van der Waals surface area contributed by atoms with E-state index >= 15 is 0 Å². The van der Waals surface area contributed by atoms with E-state index in [0.29, 0.717) is 24.4 Å². The molecule has 2 aliphatic rings. The first-order chi connectivity index (χ1) is 15.2. The second kappa shape index (κ2) is 8.60. The van der Waals surface area contributed by atoms with Gasteiger partial charge in [-0.3, -0.25) is 0 Å². The lowest BCUT2D eigenvalue weighted by molar-refractivity contribution is 0.274. The van der Waals surface area contributed by atoms with Gasteiger partial charge < -0.3 is 14.2 Å². The Morgan fingerprint density at radius 1 is 1.23 bits per heavy atom. The van der Waals surface area contributed by atoms with E-state index in [9.17, 15) is 0 Å². The lowest BCUT2D eigenvalue weighted by Gasteiger charge is -2.30. The number of hydrogen-bond acceptors (Lipinski definition) is 9. The Balaban J connectivity index is 1.03. The normalized spacial score (nSPS) is 21.6. The average molecular weight is 425 g/mol. The Bertz CT molecular complexity index is 964. The summed E-state index contributed by atoms with van der Waals surface area (Å²) in [7, 11) is 0. The molecule has 1 aliphatic carbocycles. The monoisotopic (exact) mass is 424 g/mol. The van der Waals surface area contributed by atoms with E-state index in [-0.39, 0.29) is 0 Å². The summed E-state index contributed by atoms with van der Waals surface area (Å²) in [6, 6.07) is 4.45. The van der Waals surface area contributed by atoms with Crippen LogP contribution in [0.1, 0.15) is 51.3 Å². The van der Waals surface area contributed by atoms with Crippen molar-refractivity contribution in [3.05, 3.63) is 30.5 Å². The van der Waals surface area contributed by atoms with Crippen LogP contribution >= 0.6 is 0 Å². The highest BCUT2D eigenvalue weighted by molar-refractivity contribution is 5.29. The summed E-state index contributed by atoms with van der Waals surface area (Å²) in [5.74, 6) is 4.12. The Morgan fingerprint density at radius 2 is 2.10 bits per heavy atom. The van der Waals surface area contributed by atoms with Crippen LogP contribution in [-0.4, -0.2) is 55.0 Å². The van der Waals surface area contributed by atoms with Crippen molar-refractivity contribution in [3.63, 3.8) is 0 Å². The molecule has 10 heteroatoms. The molecule has 5 rings (SSSR count). The molecule has 0 unspecified atom stereocenters. The molecule has 2 fully saturated rings. The number of aromatic nitrogens is 7. The minimum Gasteiger partial charge on any atom is -0.478 e. The van der Waals surface area contributed by atoms with Crippen LogP contribution in [0.4, 0.5) is 6.01 Å². The predicted molar refractivity (Wildman–Crippen MR) is 112 cm³/mol. The predicted octanol–water partition coefficient (Wildman–Crippen LogP) is 2.89. The molecule has 10 nitrogen and oxygen atoms in total. The zero-order valence-corrected chi connectivity index (χ0v) is 18.0. The summed E-state index contributed by atoms with van der Waals surface area (Å²) >= 11 is 0. The molecule has 1 aliphatic heterocycles. The quantitative estimate of drug-likeness (QED) is 0.539. The van der Waals surface area contributed by atoms with Crippen molar-refractivity contribution in [2.75, 3.05) is 24.6 Å². The Labute approximate surface area is 181 Å². The molecule has 0 radical (unpaired) electrons. The number of nitrogens with zero attached hydrogens (tertiary/aromatic N) is 8. The van der Waals surface area contributed by atoms with Crippen molar-refractivity contribution >= 4 is 6.01 Å². The zero-order chi connectivity index (χ0) is 21.2. The highest BCUT2D eigenvalue weighted by Gasteiger charge is 2.43. The van der Waals surface area contributed by atoms with Gasteiger partial charge in [-0.1, -0.05) is 19.0 Å². The third-order valence-electron chi connectivity index (χ3n) is 6.41. The maximum absolute atomic E-state index is 5.85. The summed E-state index contributed by atoms with van der Waals surface area (Å²) < 4.78 is 12.9.